The third-order valence-corrected chi connectivity index (χ3v) is 7.65. The average Bonchev–Trinajstić information content (AvgIpc) is 3.43. The molecular weight excluding hydrogens is 492 g/mol. The van der Waals surface area contributed by atoms with Crippen molar-refractivity contribution in [2.24, 2.45) is 11.8 Å². The maximum atomic E-state index is 13.4. The number of nitrogens with one attached hydrogen (secondary N) is 2. The van der Waals surface area contributed by atoms with Gasteiger partial charge in [0.05, 0.1) is 6.42 Å². The monoisotopic (exact) mass is 534 g/mol. The van der Waals surface area contributed by atoms with Crippen LogP contribution in [0.1, 0.15) is 71.8 Å². The van der Waals surface area contributed by atoms with Crippen LogP contribution in [0.3, 0.4) is 0 Å². The van der Waals surface area contributed by atoms with Gasteiger partial charge in [-0.1, -0.05) is 31.9 Å². The highest BCUT2D eigenvalue weighted by Gasteiger charge is 2.33. The van der Waals surface area contributed by atoms with Crippen LogP contribution in [0.2, 0.25) is 0 Å². The van der Waals surface area contributed by atoms with Crippen molar-refractivity contribution < 1.29 is 19.1 Å². The topological polar surface area (TPSA) is 101 Å². The smallest absolute Gasteiger partial charge is 0.408 e. The molecule has 3 amide bonds. The first kappa shape index (κ1) is 28.6. The van der Waals surface area contributed by atoms with Crippen LogP contribution in [0.15, 0.2) is 42.7 Å². The quantitative estimate of drug-likeness (QED) is 0.484. The minimum absolute atomic E-state index is 0.0560. The number of rotatable bonds is 7. The van der Waals surface area contributed by atoms with Gasteiger partial charge in [-0.15, -0.1) is 0 Å². The van der Waals surface area contributed by atoms with Gasteiger partial charge in [0.1, 0.15) is 11.6 Å². The van der Waals surface area contributed by atoms with Crippen LogP contribution in [0, 0.1) is 11.8 Å². The zero-order valence-corrected chi connectivity index (χ0v) is 23.7. The van der Waals surface area contributed by atoms with Crippen LogP contribution in [0.25, 0.3) is 11.1 Å². The van der Waals surface area contributed by atoms with Crippen molar-refractivity contribution in [1.29, 1.82) is 0 Å². The summed E-state index contributed by atoms with van der Waals surface area (Å²) in [6, 6.07) is 8.84. The van der Waals surface area contributed by atoms with Crippen LogP contribution in [0.4, 0.5) is 10.5 Å². The largest absolute Gasteiger partial charge is 0.444 e. The minimum Gasteiger partial charge on any atom is -0.444 e. The molecule has 1 saturated carbocycles. The van der Waals surface area contributed by atoms with E-state index in [2.05, 4.69) is 22.5 Å². The number of anilines is 1. The van der Waals surface area contributed by atoms with Crippen molar-refractivity contribution in [2.75, 3.05) is 18.4 Å². The molecule has 1 atom stereocenters. The molecule has 2 N–H and O–H groups in total. The first-order valence-electron chi connectivity index (χ1n) is 14.2. The predicted molar refractivity (Wildman–Crippen MR) is 152 cm³/mol. The Kier molecular flexibility index (Phi) is 9.25. The molecule has 1 saturated heterocycles. The lowest BCUT2D eigenvalue weighted by Crippen LogP contribution is -2.50. The number of hydrogen-bond donors (Lipinski definition) is 2. The van der Waals surface area contributed by atoms with Gasteiger partial charge in [0.15, 0.2) is 0 Å². The predicted octanol–water partition coefficient (Wildman–Crippen LogP) is 5.57. The summed E-state index contributed by atoms with van der Waals surface area (Å²) in [5.41, 5.74) is 2.79. The van der Waals surface area contributed by atoms with Crippen molar-refractivity contribution in [3.8, 4) is 11.1 Å². The number of benzene rings is 1. The van der Waals surface area contributed by atoms with Crippen LogP contribution >= 0.6 is 0 Å². The van der Waals surface area contributed by atoms with Gasteiger partial charge in [-0.3, -0.25) is 14.6 Å². The van der Waals surface area contributed by atoms with Crippen molar-refractivity contribution in [1.82, 2.24) is 15.2 Å². The highest BCUT2D eigenvalue weighted by Crippen LogP contribution is 2.31. The molecule has 0 unspecified atom stereocenters. The highest BCUT2D eigenvalue weighted by molar-refractivity contribution is 5.97. The molecule has 0 radical (unpaired) electrons. The number of likely N-dealkylation sites (tertiary alicyclic amines) is 1. The molecule has 1 aromatic heterocycles. The van der Waals surface area contributed by atoms with Gasteiger partial charge < -0.3 is 20.3 Å². The number of ether oxygens (including phenoxy) is 1. The first-order chi connectivity index (χ1) is 18.6. The zero-order valence-electron chi connectivity index (χ0n) is 23.7. The number of pyridine rings is 1. The van der Waals surface area contributed by atoms with E-state index in [0.29, 0.717) is 18.0 Å². The van der Waals surface area contributed by atoms with Crippen LogP contribution in [0.5, 0.6) is 0 Å². The Hall–Kier alpha value is -3.42. The standard InChI is InChI=1S/C31H42N4O4/c1-21-7-9-23(10-8-21)28(34-30(38)39-31(2,3)4)29(37)33-25-13-11-22(12-14-25)26-15-16-32-20-24(26)19-27(36)35-17-5-6-18-35/h11-16,20-21,23,28H,5-10,17-19H2,1-4H3,(H,33,37)(H,34,38)/t21?,23?,28-/m0/s1. The Morgan fingerprint density at radius 1 is 1.03 bits per heavy atom. The van der Waals surface area contributed by atoms with E-state index in [-0.39, 0.29) is 17.7 Å². The fourth-order valence-corrected chi connectivity index (χ4v) is 5.50. The minimum atomic E-state index is -0.671. The molecule has 0 bridgehead atoms. The summed E-state index contributed by atoms with van der Waals surface area (Å²) in [7, 11) is 0. The molecule has 2 aliphatic rings. The summed E-state index contributed by atoms with van der Waals surface area (Å²) in [6.45, 7) is 9.30. The van der Waals surface area contributed by atoms with E-state index >= 15 is 0 Å². The Balaban J connectivity index is 1.45. The molecule has 0 spiro atoms. The molecule has 2 fully saturated rings. The summed E-state index contributed by atoms with van der Waals surface area (Å²) in [4.78, 5) is 44.9. The Bertz CT molecular complexity index is 1140. The molecule has 1 aliphatic carbocycles. The van der Waals surface area contributed by atoms with Crippen LogP contribution in [-0.2, 0) is 20.7 Å². The summed E-state index contributed by atoms with van der Waals surface area (Å²) in [6.07, 6.45) is 9.19. The molecule has 8 nitrogen and oxygen atoms in total. The number of carbonyl (C=O) groups is 3. The number of aromatic nitrogens is 1. The van der Waals surface area contributed by atoms with Crippen LogP contribution in [-0.4, -0.2) is 52.5 Å². The lowest BCUT2D eigenvalue weighted by Gasteiger charge is -2.33. The van der Waals surface area contributed by atoms with E-state index in [1.54, 1.807) is 12.4 Å². The summed E-state index contributed by atoms with van der Waals surface area (Å²) >= 11 is 0. The van der Waals surface area contributed by atoms with Gasteiger partial charge in [0.2, 0.25) is 11.8 Å². The van der Waals surface area contributed by atoms with Crippen molar-refractivity contribution in [3.05, 3.63) is 48.3 Å². The van der Waals surface area contributed by atoms with E-state index in [4.69, 9.17) is 4.74 Å². The molecule has 4 rings (SSSR count). The van der Waals surface area contributed by atoms with Gasteiger partial charge in [0.25, 0.3) is 0 Å². The second-order valence-electron chi connectivity index (χ2n) is 12.0. The van der Waals surface area contributed by atoms with Crippen molar-refractivity contribution >= 4 is 23.6 Å². The summed E-state index contributed by atoms with van der Waals surface area (Å²) < 4.78 is 5.45. The van der Waals surface area contributed by atoms with Crippen molar-refractivity contribution in [2.45, 2.75) is 84.3 Å². The third kappa shape index (κ3) is 8.04. The van der Waals surface area contributed by atoms with E-state index in [0.717, 1.165) is 68.3 Å². The SMILES string of the molecule is CC1CCC([C@H](NC(=O)OC(C)(C)C)C(=O)Nc2ccc(-c3ccncc3CC(=O)N3CCCC3)cc2)CC1. The van der Waals surface area contributed by atoms with Gasteiger partial charge >= 0.3 is 6.09 Å². The second kappa shape index (κ2) is 12.6. The lowest BCUT2D eigenvalue weighted by molar-refractivity contribution is -0.129. The molecule has 2 aromatic rings. The average molecular weight is 535 g/mol. The van der Waals surface area contributed by atoms with Crippen LogP contribution < -0.4 is 10.6 Å². The maximum absolute atomic E-state index is 13.4. The Morgan fingerprint density at radius 2 is 1.69 bits per heavy atom. The van der Waals surface area contributed by atoms with Gasteiger partial charge in [-0.2, -0.15) is 0 Å². The second-order valence-corrected chi connectivity index (χ2v) is 12.0. The molecule has 210 valence electrons. The van der Waals surface area contributed by atoms with E-state index in [9.17, 15) is 14.4 Å². The molecular formula is C31H42N4O4. The number of carbonyl (C=O) groups excluding carboxylic acids is 3. The van der Waals surface area contributed by atoms with E-state index < -0.39 is 17.7 Å². The maximum Gasteiger partial charge on any atom is 0.408 e. The van der Waals surface area contributed by atoms with Crippen molar-refractivity contribution in [3.63, 3.8) is 0 Å². The normalized spacial score (nSPS) is 20.3. The Labute approximate surface area is 231 Å². The fraction of sp³-hybridized carbons (Fsp3) is 0.548. The number of hydrogen-bond acceptors (Lipinski definition) is 5. The highest BCUT2D eigenvalue weighted by atomic mass is 16.6. The molecule has 2 heterocycles. The van der Waals surface area contributed by atoms with E-state index in [1.165, 1.54) is 0 Å². The third-order valence-electron chi connectivity index (χ3n) is 7.65. The zero-order chi connectivity index (χ0) is 28.0. The molecule has 8 heteroatoms. The lowest BCUT2D eigenvalue weighted by atomic mass is 9.79. The summed E-state index contributed by atoms with van der Waals surface area (Å²) in [5, 5.41) is 5.85. The van der Waals surface area contributed by atoms with E-state index in [1.807, 2.05) is 56.0 Å². The van der Waals surface area contributed by atoms with Gasteiger partial charge in [-0.25, -0.2) is 4.79 Å². The Morgan fingerprint density at radius 3 is 2.33 bits per heavy atom. The fourth-order valence-electron chi connectivity index (χ4n) is 5.50. The molecule has 39 heavy (non-hydrogen) atoms. The summed E-state index contributed by atoms with van der Waals surface area (Å²) in [5.74, 6) is 0.573. The first-order valence-corrected chi connectivity index (χ1v) is 14.2. The number of alkyl carbamates (subject to hydrolysis) is 1. The van der Waals surface area contributed by atoms with Gasteiger partial charge in [-0.05, 0) is 93.2 Å². The number of amides is 3. The molecule has 1 aliphatic heterocycles. The number of nitrogens with zero attached hydrogens (tertiary/aromatic N) is 2. The van der Waals surface area contributed by atoms with Gasteiger partial charge in [0, 0.05) is 31.2 Å². The molecule has 1 aromatic carbocycles.